The fourth-order valence-corrected chi connectivity index (χ4v) is 2.30. The van der Waals surface area contributed by atoms with Gasteiger partial charge in [0.25, 0.3) is 0 Å². The number of nitrogens with zero attached hydrogens (tertiary/aromatic N) is 1. The molecule has 0 bridgehead atoms. The van der Waals surface area contributed by atoms with Crippen molar-refractivity contribution in [1.29, 1.82) is 0 Å². The summed E-state index contributed by atoms with van der Waals surface area (Å²) in [7, 11) is 5.32. The molecule has 1 rings (SSSR count). The van der Waals surface area contributed by atoms with Crippen LogP contribution in [0.3, 0.4) is 0 Å². The average molecular weight is 266 g/mol. The summed E-state index contributed by atoms with van der Waals surface area (Å²) in [4.78, 5) is 2.18. The van der Waals surface area contributed by atoms with Gasteiger partial charge in [-0.1, -0.05) is 29.8 Å². The summed E-state index contributed by atoms with van der Waals surface area (Å²) in [5.74, 6) is 0. The van der Waals surface area contributed by atoms with Gasteiger partial charge in [-0.2, -0.15) is 0 Å². The minimum Gasteiger partial charge on any atom is -0.354 e. The highest BCUT2D eigenvalue weighted by Gasteiger charge is 2.37. The van der Waals surface area contributed by atoms with E-state index < -0.39 is 0 Å². The van der Waals surface area contributed by atoms with Crippen molar-refractivity contribution in [2.24, 2.45) is 5.73 Å². The topological polar surface area (TPSA) is 47.7 Å². The molecule has 0 aliphatic rings. The molecule has 0 aliphatic carbocycles. The molecule has 0 fully saturated rings. The molecule has 0 heterocycles. The SMILES string of the molecule is COC(OC)C(C)(CN)N(C)Cc1cccc(C)c1. The number of rotatable bonds is 7. The molecule has 0 aromatic heterocycles. The van der Waals surface area contributed by atoms with Crippen LogP contribution in [0.2, 0.25) is 0 Å². The second-order valence-electron chi connectivity index (χ2n) is 5.21. The number of aryl methyl sites for hydroxylation is 1. The van der Waals surface area contributed by atoms with Crippen molar-refractivity contribution in [2.75, 3.05) is 27.8 Å². The lowest BCUT2D eigenvalue weighted by atomic mass is 9.98. The average Bonchev–Trinajstić information content (AvgIpc) is 2.39. The van der Waals surface area contributed by atoms with E-state index in [2.05, 4.69) is 43.0 Å². The molecule has 0 radical (unpaired) electrons. The Morgan fingerprint density at radius 2 is 1.95 bits per heavy atom. The molecular weight excluding hydrogens is 240 g/mol. The smallest absolute Gasteiger partial charge is 0.176 e. The van der Waals surface area contributed by atoms with Crippen LogP contribution in [0.5, 0.6) is 0 Å². The lowest BCUT2D eigenvalue weighted by molar-refractivity contribution is -0.178. The van der Waals surface area contributed by atoms with Crippen molar-refractivity contribution >= 4 is 0 Å². The van der Waals surface area contributed by atoms with Crippen LogP contribution in [-0.4, -0.2) is 44.5 Å². The first-order chi connectivity index (χ1) is 8.97. The van der Waals surface area contributed by atoms with Gasteiger partial charge in [0, 0.05) is 27.3 Å². The van der Waals surface area contributed by atoms with E-state index in [1.165, 1.54) is 11.1 Å². The third kappa shape index (κ3) is 3.76. The largest absolute Gasteiger partial charge is 0.354 e. The minimum atomic E-state index is -0.368. The van der Waals surface area contributed by atoms with Crippen molar-refractivity contribution in [3.8, 4) is 0 Å². The van der Waals surface area contributed by atoms with Crippen molar-refractivity contribution in [3.05, 3.63) is 35.4 Å². The number of hydrogen-bond donors (Lipinski definition) is 1. The molecule has 1 aromatic rings. The first-order valence-corrected chi connectivity index (χ1v) is 6.50. The van der Waals surface area contributed by atoms with Gasteiger partial charge in [-0.25, -0.2) is 0 Å². The Morgan fingerprint density at radius 3 is 2.42 bits per heavy atom. The number of methoxy groups -OCH3 is 2. The molecule has 1 atom stereocenters. The normalized spacial score (nSPS) is 14.9. The van der Waals surface area contributed by atoms with Crippen LogP contribution in [0.1, 0.15) is 18.1 Å². The molecule has 0 amide bonds. The van der Waals surface area contributed by atoms with Gasteiger partial charge in [-0.3, -0.25) is 4.90 Å². The predicted molar refractivity (Wildman–Crippen MR) is 77.9 cm³/mol. The first-order valence-electron chi connectivity index (χ1n) is 6.50. The van der Waals surface area contributed by atoms with Gasteiger partial charge in [-0.15, -0.1) is 0 Å². The van der Waals surface area contributed by atoms with Crippen LogP contribution < -0.4 is 5.73 Å². The molecule has 1 unspecified atom stereocenters. The number of hydrogen-bond acceptors (Lipinski definition) is 4. The summed E-state index contributed by atoms with van der Waals surface area (Å²) < 4.78 is 10.8. The first kappa shape index (κ1) is 16.1. The van der Waals surface area contributed by atoms with Crippen molar-refractivity contribution in [1.82, 2.24) is 4.90 Å². The monoisotopic (exact) mass is 266 g/mol. The van der Waals surface area contributed by atoms with E-state index in [0.29, 0.717) is 6.54 Å². The van der Waals surface area contributed by atoms with E-state index in [0.717, 1.165) is 6.54 Å². The molecule has 2 N–H and O–H groups in total. The van der Waals surface area contributed by atoms with Crippen LogP contribution in [0.15, 0.2) is 24.3 Å². The van der Waals surface area contributed by atoms with Gasteiger partial charge in [0.15, 0.2) is 6.29 Å². The van der Waals surface area contributed by atoms with Crippen LogP contribution >= 0.6 is 0 Å². The summed E-state index contributed by atoms with van der Waals surface area (Å²) in [5, 5.41) is 0. The van der Waals surface area contributed by atoms with E-state index in [4.69, 9.17) is 15.2 Å². The van der Waals surface area contributed by atoms with Crippen LogP contribution in [0.4, 0.5) is 0 Å². The zero-order valence-electron chi connectivity index (χ0n) is 12.6. The highest BCUT2D eigenvalue weighted by molar-refractivity contribution is 5.22. The van der Waals surface area contributed by atoms with Crippen molar-refractivity contribution in [3.63, 3.8) is 0 Å². The fourth-order valence-electron chi connectivity index (χ4n) is 2.30. The van der Waals surface area contributed by atoms with E-state index in [-0.39, 0.29) is 11.8 Å². The van der Waals surface area contributed by atoms with Gasteiger partial charge in [0.1, 0.15) is 0 Å². The van der Waals surface area contributed by atoms with Gasteiger partial charge >= 0.3 is 0 Å². The second-order valence-corrected chi connectivity index (χ2v) is 5.21. The van der Waals surface area contributed by atoms with Crippen LogP contribution in [0.25, 0.3) is 0 Å². The Kier molecular flexibility index (Phi) is 5.94. The molecule has 108 valence electrons. The van der Waals surface area contributed by atoms with Crippen LogP contribution in [0, 0.1) is 6.92 Å². The van der Waals surface area contributed by atoms with Gasteiger partial charge in [-0.05, 0) is 26.5 Å². The molecule has 0 spiro atoms. The molecule has 1 aromatic carbocycles. The van der Waals surface area contributed by atoms with E-state index >= 15 is 0 Å². The summed E-state index contributed by atoms with van der Waals surface area (Å²) in [6.07, 6.45) is -0.354. The molecule has 0 saturated carbocycles. The third-order valence-electron chi connectivity index (χ3n) is 3.72. The molecule has 19 heavy (non-hydrogen) atoms. The van der Waals surface area contributed by atoms with E-state index in [9.17, 15) is 0 Å². The third-order valence-corrected chi connectivity index (χ3v) is 3.72. The quantitative estimate of drug-likeness (QED) is 0.764. The number of likely N-dealkylation sites (N-methyl/N-ethyl adjacent to an activating group) is 1. The van der Waals surface area contributed by atoms with Gasteiger partial charge in [0.05, 0.1) is 5.54 Å². The second kappa shape index (κ2) is 7.01. The summed E-state index contributed by atoms with van der Waals surface area (Å²) in [5.41, 5.74) is 8.09. The fraction of sp³-hybridized carbons (Fsp3) is 0.600. The molecular formula is C15H26N2O2. The Morgan fingerprint density at radius 1 is 1.32 bits per heavy atom. The Balaban J connectivity index is 2.87. The Bertz CT molecular complexity index is 393. The summed E-state index contributed by atoms with van der Waals surface area (Å²) >= 11 is 0. The predicted octanol–water partition coefficient (Wildman–Crippen LogP) is 1.76. The van der Waals surface area contributed by atoms with Gasteiger partial charge in [0.2, 0.25) is 0 Å². The molecule has 0 saturated heterocycles. The maximum absolute atomic E-state index is 5.94. The molecule has 4 heteroatoms. The number of benzene rings is 1. The highest BCUT2D eigenvalue weighted by Crippen LogP contribution is 2.22. The zero-order valence-corrected chi connectivity index (χ0v) is 12.6. The standard InChI is InChI=1S/C15H26N2O2/c1-12-7-6-8-13(9-12)10-17(3)15(2,11-16)14(18-4)19-5/h6-9,14H,10-11,16H2,1-5H3. The van der Waals surface area contributed by atoms with Crippen molar-refractivity contribution < 1.29 is 9.47 Å². The maximum Gasteiger partial charge on any atom is 0.176 e. The van der Waals surface area contributed by atoms with Crippen LogP contribution in [-0.2, 0) is 16.0 Å². The summed E-state index contributed by atoms with van der Waals surface area (Å²) in [6, 6.07) is 8.47. The molecule has 0 aliphatic heterocycles. The maximum atomic E-state index is 5.94. The van der Waals surface area contributed by atoms with Gasteiger partial charge < -0.3 is 15.2 Å². The van der Waals surface area contributed by atoms with E-state index in [1.54, 1.807) is 14.2 Å². The lowest BCUT2D eigenvalue weighted by Gasteiger charge is -2.42. The lowest BCUT2D eigenvalue weighted by Crippen LogP contribution is -2.58. The summed E-state index contributed by atoms with van der Waals surface area (Å²) in [6.45, 7) is 5.42. The van der Waals surface area contributed by atoms with E-state index in [1.807, 2.05) is 7.05 Å². The minimum absolute atomic E-state index is 0.354. The zero-order chi connectivity index (χ0) is 14.5. The van der Waals surface area contributed by atoms with Crippen molar-refractivity contribution in [2.45, 2.75) is 32.2 Å². The Labute approximate surface area is 116 Å². The Hall–Kier alpha value is -0.940. The highest BCUT2D eigenvalue weighted by atomic mass is 16.7. The number of ether oxygens (including phenoxy) is 2. The molecule has 4 nitrogen and oxygen atoms in total. The number of nitrogens with two attached hydrogens (primary N) is 1.